The van der Waals surface area contributed by atoms with Gasteiger partial charge in [-0.2, -0.15) is 9.40 Å². The molecule has 1 aromatic heterocycles. The minimum atomic E-state index is -3.55. The molecule has 3 fully saturated rings. The number of piperazine rings is 1. The second kappa shape index (κ2) is 9.45. The van der Waals surface area contributed by atoms with Crippen molar-refractivity contribution in [3.05, 3.63) is 12.3 Å². The molecule has 0 bridgehead atoms. The monoisotopic (exact) mass is 452 g/mol. The molecule has 0 saturated carbocycles. The Hall–Kier alpha value is -2.31. The van der Waals surface area contributed by atoms with Crippen molar-refractivity contribution < 1.29 is 22.7 Å². The number of carbonyl (C=O) groups is 2. The average molecular weight is 453 g/mol. The van der Waals surface area contributed by atoms with Crippen molar-refractivity contribution in [3.8, 4) is 0 Å². The number of morpholine rings is 1. The van der Waals surface area contributed by atoms with Gasteiger partial charge in [-0.25, -0.2) is 8.42 Å². The number of likely N-dealkylation sites (tertiary alicyclic amines) is 1. The first kappa shape index (κ1) is 21.9. The fourth-order valence-electron chi connectivity index (χ4n) is 4.07. The van der Waals surface area contributed by atoms with Gasteiger partial charge in [0.1, 0.15) is 0 Å². The molecule has 3 aliphatic heterocycles. The third kappa shape index (κ3) is 5.13. The van der Waals surface area contributed by atoms with Crippen LogP contribution >= 0.6 is 0 Å². The van der Waals surface area contributed by atoms with Crippen LogP contribution in [0.1, 0.15) is 19.3 Å². The number of hydrogen-bond donors (Lipinski definition) is 0. The van der Waals surface area contributed by atoms with Crippen LogP contribution < -0.4 is 9.80 Å². The zero-order valence-corrected chi connectivity index (χ0v) is 18.3. The molecule has 4 rings (SSSR count). The van der Waals surface area contributed by atoms with Crippen LogP contribution in [0.4, 0.5) is 11.5 Å². The highest BCUT2D eigenvalue weighted by molar-refractivity contribution is 7.89. The number of nitrogens with zero attached hydrogens (tertiary/aromatic N) is 6. The van der Waals surface area contributed by atoms with E-state index in [1.807, 2.05) is 6.07 Å². The molecule has 12 heteroatoms. The number of sulfonamides is 1. The Balaban J connectivity index is 1.32. The summed E-state index contributed by atoms with van der Waals surface area (Å²) in [5.74, 6) is 0.00409. The van der Waals surface area contributed by atoms with E-state index in [9.17, 15) is 18.0 Å². The molecule has 0 radical (unpaired) electrons. The van der Waals surface area contributed by atoms with Crippen molar-refractivity contribution in [2.24, 2.45) is 0 Å². The Morgan fingerprint density at radius 1 is 0.935 bits per heavy atom. The average Bonchev–Trinajstić information content (AvgIpc) is 2.79. The van der Waals surface area contributed by atoms with Crippen LogP contribution in [0.2, 0.25) is 0 Å². The molecule has 31 heavy (non-hydrogen) atoms. The molecule has 0 atom stereocenters. The molecule has 1 aromatic rings. The van der Waals surface area contributed by atoms with Gasteiger partial charge < -0.3 is 14.5 Å². The predicted octanol–water partition coefficient (Wildman–Crippen LogP) is -0.696. The van der Waals surface area contributed by atoms with E-state index in [1.165, 1.54) is 4.31 Å². The van der Waals surface area contributed by atoms with Crippen LogP contribution in [0.15, 0.2) is 12.3 Å². The maximum atomic E-state index is 12.8. The van der Waals surface area contributed by atoms with Gasteiger partial charge in [-0.05, 0) is 6.42 Å². The van der Waals surface area contributed by atoms with E-state index in [-0.39, 0.29) is 24.1 Å². The molecule has 170 valence electrons. The summed E-state index contributed by atoms with van der Waals surface area (Å²) in [5.41, 5.74) is 0.915. The Labute approximate surface area is 182 Å². The number of amides is 2. The summed E-state index contributed by atoms with van der Waals surface area (Å²) < 4.78 is 32.3. The van der Waals surface area contributed by atoms with Crippen molar-refractivity contribution in [2.75, 3.05) is 74.6 Å². The quantitative estimate of drug-likeness (QED) is 0.517. The van der Waals surface area contributed by atoms with E-state index in [0.717, 1.165) is 29.5 Å². The lowest BCUT2D eigenvalue weighted by Gasteiger charge is -2.36. The molecule has 0 unspecified atom stereocenters. The predicted molar refractivity (Wildman–Crippen MR) is 113 cm³/mol. The highest BCUT2D eigenvalue weighted by Gasteiger charge is 2.31. The number of imide groups is 1. The van der Waals surface area contributed by atoms with Gasteiger partial charge in [-0.3, -0.25) is 14.5 Å². The summed E-state index contributed by atoms with van der Waals surface area (Å²) in [6.45, 7) is 4.56. The summed E-state index contributed by atoms with van der Waals surface area (Å²) in [6.07, 6.45) is 2.84. The van der Waals surface area contributed by atoms with E-state index >= 15 is 0 Å². The van der Waals surface area contributed by atoms with Crippen LogP contribution in [0.5, 0.6) is 0 Å². The third-order valence-corrected chi connectivity index (χ3v) is 7.77. The Morgan fingerprint density at radius 2 is 1.61 bits per heavy atom. The summed E-state index contributed by atoms with van der Waals surface area (Å²) in [7, 11) is -3.55. The van der Waals surface area contributed by atoms with Crippen LogP contribution in [-0.4, -0.2) is 104 Å². The van der Waals surface area contributed by atoms with Crippen LogP contribution in [0.25, 0.3) is 0 Å². The minimum Gasteiger partial charge on any atom is -0.378 e. The molecule has 3 saturated heterocycles. The molecule has 11 nitrogen and oxygen atoms in total. The number of carbonyl (C=O) groups excluding carboxylic acids is 2. The first-order valence-corrected chi connectivity index (χ1v) is 12.3. The molecule has 0 N–H and O–H groups in total. The van der Waals surface area contributed by atoms with Gasteiger partial charge >= 0.3 is 0 Å². The Morgan fingerprint density at radius 3 is 2.29 bits per heavy atom. The zero-order valence-electron chi connectivity index (χ0n) is 17.5. The van der Waals surface area contributed by atoms with E-state index in [2.05, 4.69) is 20.0 Å². The van der Waals surface area contributed by atoms with Gasteiger partial charge in [0.2, 0.25) is 21.8 Å². The fourth-order valence-corrected chi connectivity index (χ4v) is 5.47. The molecule has 3 aliphatic rings. The van der Waals surface area contributed by atoms with Crippen molar-refractivity contribution in [3.63, 3.8) is 0 Å². The first-order valence-electron chi connectivity index (χ1n) is 10.7. The van der Waals surface area contributed by atoms with Gasteiger partial charge in [0, 0.05) is 64.7 Å². The SMILES string of the molecule is O=C1CCCC(=O)N1CCS(=O)(=O)N1CCN(c2cnnc(N3CCOCC3)c2)CC1. The molecule has 0 aliphatic carbocycles. The number of aromatic nitrogens is 2. The number of anilines is 2. The number of rotatable bonds is 6. The summed E-state index contributed by atoms with van der Waals surface area (Å²) in [5, 5.41) is 8.34. The van der Waals surface area contributed by atoms with E-state index < -0.39 is 10.0 Å². The minimum absolute atomic E-state index is 0.0720. The molecule has 0 aromatic carbocycles. The lowest BCUT2D eigenvalue weighted by molar-refractivity contribution is -0.147. The van der Waals surface area contributed by atoms with Crippen molar-refractivity contribution in [1.29, 1.82) is 0 Å². The van der Waals surface area contributed by atoms with Gasteiger partial charge in [0.05, 0.1) is 30.9 Å². The van der Waals surface area contributed by atoms with Crippen LogP contribution in [-0.2, 0) is 24.3 Å². The zero-order chi connectivity index (χ0) is 21.8. The third-order valence-electron chi connectivity index (χ3n) is 5.92. The molecular weight excluding hydrogens is 424 g/mol. The second-order valence-electron chi connectivity index (χ2n) is 7.87. The number of ether oxygens (including phenoxy) is 1. The Bertz CT molecular complexity index is 896. The smallest absolute Gasteiger partial charge is 0.229 e. The van der Waals surface area contributed by atoms with Gasteiger partial charge in [0.15, 0.2) is 5.82 Å². The largest absolute Gasteiger partial charge is 0.378 e. The van der Waals surface area contributed by atoms with E-state index in [0.29, 0.717) is 58.7 Å². The molecule has 4 heterocycles. The van der Waals surface area contributed by atoms with E-state index in [4.69, 9.17) is 4.74 Å². The normalized spacial score (nSPS) is 21.6. The van der Waals surface area contributed by atoms with Crippen LogP contribution in [0.3, 0.4) is 0 Å². The second-order valence-corrected chi connectivity index (χ2v) is 9.95. The molecule has 2 amide bonds. The van der Waals surface area contributed by atoms with Gasteiger partial charge in [0.25, 0.3) is 0 Å². The van der Waals surface area contributed by atoms with Gasteiger partial charge in [-0.1, -0.05) is 0 Å². The topological polar surface area (TPSA) is 116 Å². The lowest BCUT2D eigenvalue weighted by Crippen LogP contribution is -2.51. The van der Waals surface area contributed by atoms with Crippen molar-refractivity contribution in [2.45, 2.75) is 19.3 Å². The van der Waals surface area contributed by atoms with Crippen LogP contribution in [0, 0.1) is 0 Å². The summed E-state index contributed by atoms with van der Waals surface area (Å²) in [4.78, 5) is 29.1. The summed E-state index contributed by atoms with van der Waals surface area (Å²) in [6, 6.07) is 1.98. The van der Waals surface area contributed by atoms with Crippen molar-refractivity contribution in [1.82, 2.24) is 19.4 Å². The maximum absolute atomic E-state index is 12.8. The van der Waals surface area contributed by atoms with Crippen molar-refractivity contribution >= 4 is 33.3 Å². The maximum Gasteiger partial charge on any atom is 0.229 e. The molecular formula is C19H28N6O5S. The standard InChI is InChI=1S/C19H28N6O5S/c26-18-2-1-3-19(27)25(18)10-13-31(28,29)24-6-4-22(5-7-24)16-14-17(21-20-15-16)23-8-11-30-12-9-23/h14-15H,1-13H2. The number of piperidine rings is 1. The Kier molecular flexibility index (Phi) is 6.68. The first-order chi connectivity index (χ1) is 14.9. The fraction of sp³-hybridized carbons (Fsp3) is 0.684. The number of hydrogen-bond acceptors (Lipinski definition) is 9. The molecule has 0 spiro atoms. The summed E-state index contributed by atoms with van der Waals surface area (Å²) >= 11 is 0. The highest BCUT2D eigenvalue weighted by atomic mass is 32.2. The van der Waals surface area contributed by atoms with E-state index in [1.54, 1.807) is 6.20 Å². The lowest BCUT2D eigenvalue weighted by atomic mass is 10.1. The van der Waals surface area contributed by atoms with Gasteiger partial charge in [-0.15, -0.1) is 5.10 Å². The highest BCUT2D eigenvalue weighted by Crippen LogP contribution is 2.22.